The number of ether oxygens (including phenoxy) is 3. The number of hydrogen-bond acceptors (Lipinski definition) is 4. The SMILES string of the molecule is COc1cc(OC)c2cc(C(=O)N[C@H](C)c3cccc(C(F)(F)F)c3)[nH]c2c1OC. The molecular weight excluding hydrogens is 401 g/mol. The third-order valence-electron chi connectivity index (χ3n) is 4.75. The minimum absolute atomic E-state index is 0.202. The van der Waals surface area contributed by atoms with E-state index < -0.39 is 23.7 Å². The van der Waals surface area contributed by atoms with Crippen molar-refractivity contribution in [2.45, 2.75) is 19.1 Å². The summed E-state index contributed by atoms with van der Waals surface area (Å²) in [5, 5.41) is 3.31. The molecule has 2 aromatic carbocycles. The predicted molar refractivity (Wildman–Crippen MR) is 105 cm³/mol. The number of H-pyrrole nitrogens is 1. The van der Waals surface area contributed by atoms with E-state index >= 15 is 0 Å². The van der Waals surface area contributed by atoms with Crippen LogP contribution in [0.5, 0.6) is 17.2 Å². The van der Waals surface area contributed by atoms with Gasteiger partial charge in [-0.15, -0.1) is 0 Å². The second-order valence-electron chi connectivity index (χ2n) is 6.60. The normalized spacial score (nSPS) is 12.5. The quantitative estimate of drug-likeness (QED) is 0.604. The fourth-order valence-electron chi connectivity index (χ4n) is 3.20. The summed E-state index contributed by atoms with van der Waals surface area (Å²) < 4.78 is 54.9. The van der Waals surface area contributed by atoms with E-state index in [2.05, 4.69) is 10.3 Å². The Balaban J connectivity index is 1.92. The second kappa shape index (κ2) is 8.17. The maximum atomic E-state index is 13.0. The lowest BCUT2D eigenvalue weighted by Crippen LogP contribution is -2.27. The summed E-state index contributed by atoms with van der Waals surface area (Å²) in [5.74, 6) is 0.814. The number of aromatic nitrogens is 1. The van der Waals surface area contributed by atoms with Gasteiger partial charge in [0.15, 0.2) is 11.5 Å². The molecule has 0 bridgehead atoms. The van der Waals surface area contributed by atoms with E-state index in [1.54, 1.807) is 19.1 Å². The maximum absolute atomic E-state index is 13.0. The van der Waals surface area contributed by atoms with Crippen molar-refractivity contribution >= 4 is 16.8 Å². The molecular formula is C21H21F3N2O4. The minimum Gasteiger partial charge on any atom is -0.496 e. The Bertz CT molecular complexity index is 1080. The number of methoxy groups -OCH3 is 3. The summed E-state index contributed by atoms with van der Waals surface area (Å²) in [6.45, 7) is 1.61. The number of nitrogens with one attached hydrogen (secondary N) is 2. The van der Waals surface area contributed by atoms with E-state index in [0.717, 1.165) is 12.1 Å². The smallest absolute Gasteiger partial charge is 0.416 e. The Labute approximate surface area is 170 Å². The number of amides is 1. The largest absolute Gasteiger partial charge is 0.496 e. The van der Waals surface area contributed by atoms with Crippen LogP contribution in [0.15, 0.2) is 36.4 Å². The van der Waals surface area contributed by atoms with Gasteiger partial charge >= 0.3 is 6.18 Å². The third kappa shape index (κ3) is 4.00. The molecule has 0 spiro atoms. The van der Waals surface area contributed by atoms with Gasteiger partial charge in [-0.2, -0.15) is 13.2 Å². The number of hydrogen-bond donors (Lipinski definition) is 2. The van der Waals surface area contributed by atoms with Gasteiger partial charge < -0.3 is 24.5 Å². The van der Waals surface area contributed by atoms with Gasteiger partial charge in [-0.1, -0.05) is 12.1 Å². The molecule has 1 amide bonds. The Kier molecular flexibility index (Phi) is 5.82. The zero-order valence-corrected chi connectivity index (χ0v) is 16.8. The van der Waals surface area contributed by atoms with Crippen LogP contribution in [0.3, 0.4) is 0 Å². The summed E-state index contributed by atoms with van der Waals surface area (Å²) in [7, 11) is 4.44. The van der Waals surface area contributed by atoms with Crippen LogP contribution in [0, 0.1) is 0 Å². The number of halogens is 3. The highest BCUT2D eigenvalue weighted by molar-refractivity contribution is 6.02. The Morgan fingerprint density at radius 3 is 2.33 bits per heavy atom. The summed E-state index contributed by atoms with van der Waals surface area (Å²) in [5.41, 5.74) is 0.277. The molecule has 0 radical (unpaired) electrons. The van der Waals surface area contributed by atoms with Crippen molar-refractivity contribution in [3.05, 3.63) is 53.2 Å². The van der Waals surface area contributed by atoms with E-state index in [9.17, 15) is 18.0 Å². The summed E-state index contributed by atoms with van der Waals surface area (Å²) >= 11 is 0. The molecule has 1 heterocycles. The lowest BCUT2D eigenvalue weighted by atomic mass is 10.0. The van der Waals surface area contributed by atoms with Crippen molar-refractivity contribution in [1.82, 2.24) is 10.3 Å². The van der Waals surface area contributed by atoms with Crippen molar-refractivity contribution in [1.29, 1.82) is 0 Å². The van der Waals surface area contributed by atoms with Crippen molar-refractivity contribution in [2.75, 3.05) is 21.3 Å². The highest BCUT2D eigenvalue weighted by Gasteiger charge is 2.31. The lowest BCUT2D eigenvalue weighted by molar-refractivity contribution is -0.137. The third-order valence-corrected chi connectivity index (χ3v) is 4.75. The molecule has 0 unspecified atom stereocenters. The molecule has 0 saturated carbocycles. The molecule has 0 aliphatic heterocycles. The topological polar surface area (TPSA) is 72.6 Å². The molecule has 2 N–H and O–H groups in total. The number of carbonyl (C=O) groups excluding carboxylic acids is 1. The maximum Gasteiger partial charge on any atom is 0.416 e. The number of carbonyl (C=O) groups is 1. The van der Waals surface area contributed by atoms with Gasteiger partial charge in [0.1, 0.15) is 11.4 Å². The van der Waals surface area contributed by atoms with Gasteiger partial charge in [-0.05, 0) is 30.7 Å². The first kappa shape index (κ1) is 21.4. The Morgan fingerprint density at radius 2 is 1.73 bits per heavy atom. The van der Waals surface area contributed by atoms with E-state index in [1.165, 1.54) is 33.5 Å². The van der Waals surface area contributed by atoms with Gasteiger partial charge in [0.05, 0.1) is 38.5 Å². The van der Waals surface area contributed by atoms with Gasteiger partial charge in [0.2, 0.25) is 0 Å². The molecule has 1 atom stereocenters. The lowest BCUT2D eigenvalue weighted by Gasteiger charge is -2.16. The molecule has 1 aromatic heterocycles. The standard InChI is InChI=1S/C21H21F3N2O4/c1-11(12-6-5-7-13(8-12)21(22,23)24)25-20(27)15-9-14-16(28-2)10-17(29-3)19(30-4)18(14)26-15/h5-11,26H,1-4H3,(H,25,27)/t11-/m1/s1. The van der Waals surface area contributed by atoms with Crippen LogP contribution < -0.4 is 19.5 Å². The van der Waals surface area contributed by atoms with E-state index in [4.69, 9.17) is 14.2 Å². The highest BCUT2D eigenvalue weighted by atomic mass is 19.4. The summed E-state index contributed by atoms with van der Waals surface area (Å²) in [6, 6.07) is 7.43. The molecule has 0 aliphatic rings. The number of aromatic amines is 1. The number of benzene rings is 2. The van der Waals surface area contributed by atoms with Gasteiger partial charge in [-0.25, -0.2) is 0 Å². The molecule has 9 heteroatoms. The van der Waals surface area contributed by atoms with Gasteiger partial charge in [-0.3, -0.25) is 4.79 Å². The fraction of sp³-hybridized carbons (Fsp3) is 0.286. The number of alkyl halides is 3. The summed E-state index contributed by atoms with van der Waals surface area (Å²) in [6.07, 6.45) is -4.46. The van der Waals surface area contributed by atoms with Crippen LogP contribution in [-0.4, -0.2) is 32.2 Å². The molecule has 0 aliphatic carbocycles. The van der Waals surface area contributed by atoms with Crippen LogP contribution in [-0.2, 0) is 6.18 Å². The van der Waals surface area contributed by atoms with Crippen LogP contribution in [0.25, 0.3) is 10.9 Å². The predicted octanol–water partition coefficient (Wildman–Crippen LogP) is 4.70. The van der Waals surface area contributed by atoms with Crippen molar-refractivity contribution < 1.29 is 32.2 Å². The molecule has 3 aromatic rings. The zero-order chi connectivity index (χ0) is 22.1. The molecule has 160 valence electrons. The Hall–Kier alpha value is -3.36. The Morgan fingerprint density at radius 1 is 1.03 bits per heavy atom. The van der Waals surface area contributed by atoms with Crippen LogP contribution in [0.4, 0.5) is 13.2 Å². The number of fused-ring (bicyclic) bond motifs is 1. The van der Waals surface area contributed by atoms with Gasteiger partial charge in [0.25, 0.3) is 5.91 Å². The monoisotopic (exact) mass is 422 g/mol. The highest BCUT2D eigenvalue weighted by Crippen LogP contribution is 2.41. The first-order chi connectivity index (χ1) is 14.2. The molecule has 0 fully saturated rings. The second-order valence-corrected chi connectivity index (χ2v) is 6.60. The van der Waals surface area contributed by atoms with Crippen molar-refractivity contribution in [3.8, 4) is 17.2 Å². The van der Waals surface area contributed by atoms with Crippen molar-refractivity contribution in [2.24, 2.45) is 0 Å². The average Bonchev–Trinajstić information content (AvgIpc) is 3.17. The first-order valence-electron chi connectivity index (χ1n) is 8.99. The van der Waals surface area contributed by atoms with E-state index in [-0.39, 0.29) is 5.69 Å². The van der Waals surface area contributed by atoms with Gasteiger partial charge in [0, 0.05) is 11.5 Å². The van der Waals surface area contributed by atoms with Crippen molar-refractivity contribution in [3.63, 3.8) is 0 Å². The van der Waals surface area contributed by atoms with E-state index in [0.29, 0.717) is 33.7 Å². The summed E-state index contributed by atoms with van der Waals surface area (Å²) in [4.78, 5) is 15.7. The van der Waals surface area contributed by atoms with Crippen LogP contribution in [0.1, 0.15) is 34.6 Å². The molecule has 3 rings (SSSR count). The molecule has 6 nitrogen and oxygen atoms in total. The molecule has 30 heavy (non-hydrogen) atoms. The fourth-order valence-corrected chi connectivity index (χ4v) is 3.20. The van der Waals surface area contributed by atoms with E-state index in [1.807, 2.05) is 0 Å². The minimum atomic E-state index is -4.46. The average molecular weight is 422 g/mol. The first-order valence-corrected chi connectivity index (χ1v) is 8.99. The molecule has 0 saturated heterocycles. The van der Waals surface area contributed by atoms with Crippen LogP contribution in [0.2, 0.25) is 0 Å². The zero-order valence-electron chi connectivity index (χ0n) is 16.8. The van der Waals surface area contributed by atoms with Crippen LogP contribution >= 0.6 is 0 Å². The number of rotatable bonds is 6.